The molecule has 0 aliphatic carbocycles. The molecule has 0 aromatic heterocycles. The van der Waals surface area contributed by atoms with Crippen LogP contribution in [0, 0.1) is 0 Å². The molecule has 6 nitrogen and oxygen atoms in total. The molecule has 0 fully saturated rings. The standard InChI is InChI=1S/C71H122O6/c1-4-7-10-13-16-19-22-25-28-30-32-34-35-37-38-40-43-46-49-52-55-58-61-64-70(73)76-67-68(66-75-69(72)63-60-57-54-51-48-45-42-27-24-21-18-15-12-9-6-3)77-71(74)65-62-59-56-53-50-47-44-41-39-36-33-31-29-26-23-20-17-14-11-8-5-2/h8,11,17,20,22,25-26,29-30,32-33,35-37,41,44,68H,4-7,9-10,12-16,18-19,21,23-24,27-28,31,34,38-40,42-43,45-67H2,1-3H3/b11-8-,20-17-,25-22-,29-26-,32-30-,36-33-,37-35-,44-41-. The predicted molar refractivity (Wildman–Crippen MR) is 334 cm³/mol. The highest BCUT2D eigenvalue weighted by Gasteiger charge is 2.19. The van der Waals surface area contributed by atoms with Gasteiger partial charge >= 0.3 is 17.9 Å². The number of ether oxygens (including phenoxy) is 3. The summed E-state index contributed by atoms with van der Waals surface area (Å²) in [4.78, 5) is 38.4. The Bertz CT molecular complexity index is 1510. The first-order chi connectivity index (χ1) is 38.0. The van der Waals surface area contributed by atoms with Crippen LogP contribution in [0.3, 0.4) is 0 Å². The molecule has 0 heterocycles. The SMILES string of the molecule is CC/C=C\C/C=C\C/C=C\C/C=C\C/C=C\CCCCCCCC(=O)OC(COC(=O)CCCCCCCCCC/C=C\C/C=C\C/C=C\CCCCCCC)COC(=O)CCCCCCCCCCCCCCCCC. The van der Waals surface area contributed by atoms with E-state index in [1.54, 1.807) is 0 Å². The van der Waals surface area contributed by atoms with Crippen LogP contribution in [0.2, 0.25) is 0 Å². The predicted octanol–water partition coefficient (Wildman–Crippen LogP) is 22.4. The summed E-state index contributed by atoms with van der Waals surface area (Å²) in [6.45, 7) is 6.53. The lowest BCUT2D eigenvalue weighted by Gasteiger charge is -2.18. The van der Waals surface area contributed by atoms with Gasteiger partial charge in [-0.2, -0.15) is 0 Å². The van der Waals surface area contributed by atoms with E-state index >= 15 is 0 Å². The van der Waals surface area contributed by atoms with Crippen molar-refractivity contribution in [2.45, 2.75) is 322 Å². The van der Waals surface area contributed by atoms with E-state index in [1.807, 2.05) is 0 Å². The molecule has 0 saturated heterocycles. The van der Waals surface area contributed by atoms with Crippen molar-refractivity contribution in [3.05, 3.63) is 97.2 Å². The second-order valence-corrected chi connectivity index (χ2v) is 21.6. The average molecular weight is 1070 g/mol. The molecule has 0 rings (SSSR count). The maximum Gasteiger partial charge on any atom is 0.306 e. The number of rotatable bonds is 59. The van der Waals surface area contributed by atoms with Crippen molar-refractivity contribution in [1.82, 2.24) is 0 Å². The van der Waals surface area contributed by atoms with Gasteiger partial charge in [-0.15, -0.1) is 0 Å². The molecule has 6 heteroatoms. The van der Waals surface area contributed by atoms with Gasteiger partial charge in [0.15, 0.2) is 6.10 Å². The monoisotopic (exact) mass is 1070 g/mol. The van der Waals surface area contributed by atoms with E-state index < -0.39 is 6.10 Å². The molecule has 0 aliphatic heterocycles. The van der Waals surface area contributed by atoms with Gasteiger partial charge in [-0.25, -0.2) is 0 Å². The topological polar surface area (TPSA) is 78.9 Å². The maximum absolute atomic E-state index is 12.9. The van der Waals surface area contributed by atoms with Gasteiger partial charge in [-0.05, 0) is 103 Å². The molecule has 1 unspecified atom stereocenters. The van der Waals surface area contributed by atoms with Crippen molar-refractivity contribution in [2.24, 2.45) is 0 Å². The summed E-state index contributed by atoms with van der Waals surface area (Å²) in [5.41, 5.74) is 0. The highest BCUT2D eigenvalue weighted by Crippen LogP contribution is 2.16. The molecule has 0 saturated carbocycles. The second-order valence-electron chi connectivity index (χ2n) is 21.6. The minimum absolute atomic E-state index is 0.0858. The molecule has 0 aromatic rings. The van der Waals surface area contributed by atoms with Crippen molar-refractivity contribution in [1.29, 1.82) is 0 Å². The van der Waals surface area contributed by atoms with Crippen molar-refractivity contribution < 1.29 is 28.6 Å². The van der Waals surface area contributed by atoms with Crippen LogP contribution in [0.4, 0.5) is 0 Å². The van der Waals surface area contributed by atoms with Gasteiger partial charge in [0, 0.05) is 19.3 Å². The Morgan fingerprint density at radius 3 is 0.792 bits per heavy atom. The fourth-order valence-electron chi connectivity index (χ4n) is 9.18. The molecule has 1 atom stereocenters. The van der Waals surface area contributed by atoms with Gasteiger partial charge in [-0.1, -0.05) is 291 Å². The zero-order valence-electron chi connectivity index (χ0n) is 50.7. The van der Waals surface area contributed by atoms with Crippen LogP contribution < -0.4 is 0 Å². The lowest BCUT2D eigenvalue weighted by atomic mass is 10.0. The van der Waals surface area contributed by atoms with Crippen LogP contribution in [-0.2, 0) is 28.6 Å². The number of esters is 3. The molecule has 442 valence electrons. The molecular formula is C71H122O6. The Kier molecular flexibility index (Phi) is 61.8. The number of carbonyl (C=O) groups is 3. The summed E-state index contributed by atoms with van der Waals surface area (Å²) in [6.07, 6.45) is 86.9. The molecule has 0 bridgehead atoms. The molecule has 0 amide bonds. The van der Waals surface area contributed by atoms with Gasteiger partial charge in [0.25, 0.3) is 0 Å². The summed E-state index contributed by atoms with van der Waals surface area (Å²) in [6, 6.07) is 0. The summed E-state index contributed by atoms with van der Waals surface area (Å²) in [5.74, 6) is -0.900. The van der Waals surface area contributed by atoms with Crippen molar-refractivity contribution in [3.63, 3.8) is 0 Å². The van der Waals surface area contributed by atoms with E-state index in [4.69, 9.17) is 14.2 Å². The molecule has 0 N–H and O–H groups in total. The summed E-state index contributed by atoms with van der Waals surface area (Å²) in [7, 11) is 0. The normalized spacial score (nSPS) is 12.7. The van der Waals surface area contributed by atoms with Gasteiger partial charge in [-0.3, -0.25) is 14.4 Å². The third kappa shape index (κ3) is 63.0. The van der Waals surface area contributed by atoms with Crippen molar-refractivity contribution in [3.8, 4) is 0 Å². The zero-order valence-corrected chi connectivity index (χ0v) is 50.7. The minimum Gasteiger partial charge on any atom is -0.462 e. The molecule has 0 aromatic carbocycles. The Morgan fingerprint density at radius 1 is 0.273 bits per heavy atom. The van der Waals surface area contributed by atoms with Gasteiger partial charge < -0.3 is 14.2 Å². The minimum atomic E-state index is -0.792. The summed E-state index contributed by atoms with van der Waals surface area (Å²) < 4.78 is 16.9. The fourth-order valence-corrected chi connectivity index (χ4v) is 9.18. The van der Waals surface area contributed by atoms with Gasteiger partial charge in [0.05, 0.1) is 0 Å². The fraction of sp³-hybridized carbons (Fsp3) is 0.732. The first-order valence-corrected chi connectivity index (χ1v) is 32.7. The van der Waals surface area contributed by atoms with Crippen molar-refractivity contribution >= 4 is 17.9 Å². The van der Waals surface area contributed by atoms with Crippen LogP contribution in [-0.4, -0.2) is 37.2 Å². The van der Waals surface area contributed by atoms with E-state index in [9.17, 15) is 14.4 Å². The van der Waals surface area contributed by atoms with Crippen molar-refractivity contribution in [2.75, 3.05) is 13.2 Å². The van der Waals surface area contributed by atoms with E-state index in [2.05, 4.69) is 118 Å². The number of unbranched alkanes of at least 4 members (excludes halogenated alkanes) is 32. The first kappa shape index (κ1) is 73.3. The Labute approximate surface area is 477 Å². The van der Waals surface area contributed by atoms with Crippen LogP contribution in [0.15, 0.2) is 97.2 Å². The Morgan fingerprint density at radius 2 is 0.506 bits per heavy atom. The second kappa shape index (κ2) is 64.9. The largest absolute Gasteiger partial charge is 0.462 e. The smallest absolute Gasteiger partial charge is 0.306 e. The maximum atomic E-state index is 12.9. The average Bonchev–Trinajstić information content (AvgIpc) is 3.43. The van der Waals surface area contributed by atoms with Crippen LogP contribution >= 0.6 is 0 Å². The number of hydrogen-bond donors (Lipinski definition) is 0. The highest BCUT2D eigenvalue weighted by molar-refractivity contribution is 5.71. The van der Waals surface area contributed by atoms with Gasteiger partial charge in [0.1, 0.15) is 13.2 Å². The molecule has 0 aliphatic rings. The number of carbonyl (C=O) groups excluding carboxylic acids is 3. The number of allylic oxidation sites excluding steroid dienone is 16. The van der Waals surface area contributed by atoms with E-state index in [0.29, 0.717) is 19.3 Å². The van der Waals surface area contributed by atoms with Gasteiger partial charge in [0.2, 0.25) is 0 Å². The summed E-state index contributed by atoms with van der Waals surface area (Å²) >= 11 is 0. The van der Waals surface area contributed by atoms with E-state index in [-0.39, 0.29) is 31.1 Å². The lowest BCUT2D eigenvalue weighted by molar-refractivity contribution is -0.167. The first-order valence-electron chi connectivity index (χ1n) is 32.7. The van der Waals surface area contributed by atoms with Crippen LogP contribution in [0.5, 0.6) is 0 Å². The number of hydrogen-bond acceptors (Lipinski definition) is 6. The van der Waals surface area contributed by atoms with Crippen LogP contribution in [0.1, 0.15) is 316 Å². The highest BCUT2D eigenvalue weighted by atomic mass is 16.6. The van der Waals surface area contributed by atoms with Crippen LogP contribution in [0.25, 0.3) is 0 Å². The third-order valence-corrected chi connectivity index (χ3v) is 14.1. The Balaban J connectivity index is 4.41. The molecule has 0 radical (unpaired) electrons. The molecular weight excluding hydrogens is 949 g/mol. The Hall–Kier alpha value is -3.67. The molecule has 0 spiro atoms. The quantitative estimate of drug-likeness (QED) is 0.0261. The molecule has 77 heavy (non-hydrogen) atoms. The summed E-state index contributed by atoms with van der Waals surface area (Å²) in [5, 5.41) is 0. The van der Waals surface area contributed by atoms with E-state index in [0.717, 1.165) is 128 Å². The zero-order chi connectivity index (χ0) is 55.7. The third-order valence-electron chi connectivity index (χ3n) is 14.1. The van der Waals surface area contributed by atoms with E-state index in [1.165, 1.54) is 148 Å². The lowest BCUT2D eigenvalue weighted by Crippen LogP contribution is -2.30.